The molecule has 6 heteroatoms. The molecule has 0 aromatic heterocycles. The zero-order chi connectivity index (χ0) is 19.9. The van der Waals surface area contributed by atoms with Gasteiger partial charge in [0, 0.05) is 22.9 Å². The lowest BCUT2D eigenvalue weighted by Crippen LogP contribution is -2.20. The highest BCUT2D eigenvalue weighted by Crippen LogP contribution is 2.29. The van der Waals surface area contributed by atoms with Crippen molar-refractivity contribution < 1.29 is 19.1 Å². The molecular formula is C22H20N2O4. The van der Waals surface area contributed by atoms with Crippen molar-refractivity contribution in [1.82, 2.24) is 0 Å². The highest BCUT2D eigenvalue weighted by atomic mass is 16.5. The molecule has 2 amide bonds. The van der Waals surface area contributed by atoms with Crippen LogP contribution in [0, 0.1) is 0 Å². The van der Waals surface area contributed by atoms with Crippen molar-refractivity contribution >= 4 is 23.2 Å². The number of rotatable bonds is 6. The van der Waals surface area contributed by atoms with E-state index in [9.17, 15) is 9.59 Å². The smallest absolute Gasteiger partial charge is 0.323 e. The van der Waals surface area contributed by atoms with Gasteiger partial charge >= 0.3 is 6.03 Å². The van der Waals surface area contributed by atoms with Crippen LogP contribution in [0.15, 0.2) is 72.8 Å². The number of anilines is 2. The van der Waals surface area contributed by atoms with E-state index in [4.69, 9.17) is 9.47 Å². The van der Waals surface area contributed by atoms with Crippen LogP contribution in [-0.4, -0.2) is 26.0 Å². The van der Waals surface area contributed by atoms with Gasteiger partial charge in [-0.25, -0.2) is 4.79 Å². The minimum absolute atomic E-state index is 0.0716. The Morgan fingerprint density at radius 3 is 2.07 bits per heavy atom. The summed E-state index contributed by atoms with van der Waals surface area (Å²) in [7, 11) is 3.07. The van der Waals surface area contributed by atoms with Crippen molar-refractivity contribution in [2.75, 3.05) is 24.9 Å². The van der Waals surface area contributed by atoms with Gasteiger partial charge in [-0.2, -0.15) is 0 Å². The first kappa shape index (κ1) is 19.0. The number of amides is 2. The summed E-state index contributed by atoms with van der Waals surface area (Å²) in [6.07, 6.45) is 0. The van der Waals surface area contributed by atoms with Crippen molar-refractivity contribution in [2.45, 2.75) is 0 Å². The van der Waals surface area contributed by atoms with Crippen molar-refractivity contribution in [1.29, 1.82) is 0 Å². The first-order valence-electron chi connectivity index (χ1n) is 8.60. The van der Waals surface area contributed by atoms with Crippen LogP contribution in [0.1, 0.15) is 15.9 Å². The molecule has 3 aromatic carbocycles. The fourth-order valence-corrected chi connectivity index (χ4v) is 2.66. The van der Waals surface area contributed by atoms with Gasteiger partial charge in [-0.3, -0.25) is 4.79 Å². The van der Waals surface area contributed by atoms with Crippen LogP contribution in [0.3, 0.4) is 0 Å². The van der Waals surface area contributed by atoms with Gasteiger partial charge < -0.3 is 20.1 Å². The molecule has 6 nitrogen and oxygen atoms in total. The first-order chi connectivity index (χ1) is 13.6. The lowest BCUT2D eigenvalue weighted by atomic mass is 10.0. The molecule has 0 saturated heterocycles. The van der Waals surface area contributed by atoms with Crippen LogP contribution in [0.4, 0.5) is 16.2 Å². The van der Waals surface area contributed by atoms with E-state index in [0.29, 0.717) is 34.0 Å². The summed E-state index contributed by atoms with van der Waals surface area (Å²) in [5.41, 5.74) is 2.21. The SMILES string of the molecule is COc1ccc(OC)c(NC(=O)Nc2ccc(C(=O)c3ccccc3)cc2)c1. The van der Waals surface area contributed by atoms with Gasteiger partial charge in [0.05, 0.1) is 19.9 Å². The first-order valence-corrected chi connectivity index (χ1v) is 8.60. The predicted molar refractivity (Wildman–Crippen MR) is 109 cm³/mol. The lowest BCUT2D eigenvalue weighted by molar-refractivity contribution is 0.103. The van der Waals surface area contributed by atoms with E-state index >= 15 is 0 Å². The van der Waals surface area contributed by atoms with Crippen molar-refractivity contribution in [3.63, 3.8) is 0 Å². The molecule has 0 aliphatic carbocycles. The van der Waals surface area contributed by atoms with Crippen molar-refractivity contribution in [2.24, 2.45) is 0 Å². The Bertz CT molecular complexity index is 970. The van der Waals surface area contributed by atoms with E-state index in [1.54, 1.807) is 61.7 Å². The topological polar surface area (TPSA) is 76.7 Å². The minimum Gasteiger partial charge on any atom is -0.497 e. The van der Waals surface area contributed by atoms with E-state index < -0.39 is 6.03 Å². The Labute approximate surface area is 163 Å². The number of ketones is 1. The van der Waals surface area contributed by atoms with E-state index in [-0.39, 0.29) is 5.78 Å². The van der Waals surface area contributed by atoms with E-state index in [2.05, 4.69) is 10.6 Å². The summed E-state index contributed by atoms with van der Waals surface area (Å²) in [5.74, 6) is 1.04. The molecule has 0 aliphatic rings. The molecule has 28 heavy (non-hydrogen) atoms. The zero-order valence-corrected chi connectivity index (χ0v) is 15.6. The quantitative estimate of drug-likeness (QED) is 0.618. The van der Waals surface area contributed by atoms with Crippen LogP contribution >= 0.6 is 0 Å². The van der Waals surface area contributed by atoms with Crippen LogP contribution in [0.25, 0.3) is 0 Å². The molecule has 0 bridgehead atoms. The van der Waals surface area contributed by atoms with Gasteiger partial charge in [0.2, 0.25) is 0 Å². The molecule has 0 radical (unpaired) electrons. The fourth-order valence-electron chi connectivity index (χ4n) is 2.66. The number of hydrogen-bond donors (Lipinski definition) is 2. The summed E-state index contributed by atoms with van der Waals surface area (Å²) in [5, 5.41) is 5.45. The molecule has 0 aliphatic heterocycles. The number of urea groups is 1. The third-order valence-corrected chi connectivity index (χ3v) is 4.10. The Kier molecular flexibility index (Phi) is 5.91. The van der Waals surface area contributed by atoms with Gasteiger partial charge in [-0.1, -0.05) is 30.3 Å². The van der Waals surface area contributed by atoms with E-state index in [1.807, 2.05) is 18.2 Å². The average Bonchev–Trinajstić information content (AvgIpc) is 2.74. The van der Waals surface area contributed by atoms with E-state index in [0.717, 1.165) is 0 Å². The van der Waals surface area contributed by atoms with Gasteiger partial charge in [0.1, 0.15) is 11.5 Å². The Balaban J connectivity index is 1.67. The lowest BCUT2D eigenvalue weighted by Gasteiger charge is -2.12. The highest BCUT2D eigenvalue weighted by Gasteiger charge is 2.11. The summed E-state index contributed by atoms with van der Waals surface area (Å²) in [6, 6.07) is 20.4. The normalized spacial score (nSPS) is 10.1. The maximum Gasteiger partial charge on any atom is 0.323 e. The minimum atomic E-state index is -0.436. The summed E-state index contributed by atoms with van der Waals surface area (Å²) in [6.45, 7) is 0. The van der Waals surface area contributed by atoms with Crippen molar-refractivity contribution in [3.05, 3.63) is 83.9 Å². The number of benzene rings is 3. The molecule has 3 rings (SSSR count). The third-order valence-electron chi connectivity index (χ3n) is 4.10. The molecule has 2 N–H and O–H groups in total. The van der Waals surface area contributed by atoms with E-state index in [1.165, 1.54) is 7.11 Å². The second-order valence-electron chi connectivity index (χ2n) is 5.92. The van der Waals surface area contributed by atoms with Crippen LogP contribution in [0.5, 0.6) is 11.5 Å². The van der Waals surface area contributed by atoms with Crippen LogP contribution in [0.2, 0.25) is 0 Å². The number of carbonyl (C=O) groups is 2. The third kappa shape index (κ3) is 4.48. The Morgan fingerprint density at radius 2 is 1.43 bits per heavy atom. The molecule has 0 spiro atoms. The fraction of sp³-hybridized carbons (Fsp3) is 0.0909. The summed E-state index contributed by atoms with van der Waals surface area (Å²) in [4.78, 5) is 24.7. The molecule has 0 unspecified atom stereocenters. The molecule has 0 saturated carbocycles. The van der Waals surface area contributed by atoms with Gasteiger partial charge in [0.25, 0.3) is 0 Å². The van der Waals surface area contributed by atoms with Gasteiger partial charge in [0.15, 0.2) is 5.78 Å². The largest absolute Gasteiger partial charge is 0.497 e. The maximum atomic E-state index is 12.4. The molecule has 0 heterocycles. The number of ether oxygens (including phenoxy) is 2. The maximum absolute atomic E-state index is 12.4. The summed E-state index contributed by atoms with van der Waals surface area (Å²) >= 11 is 0. The van der Waals surface area contributed by atoms with Gasteiger partial charge in [-0.15, -0.1) is 0 Å². The standard InChI is InChI=1S/C22H20N2O4/c1-27-18-12-13-20(28-2)19(14-18)24-22(26)23-17-10-8-16(9-11-17)21(25)15-6-4-3-5-7-15/h3-14H,1-2H3,(H2,23,24,26). The Morgan fingerprint density at radius 1 is 0.750 bits per heavy atom. The average molecular weight is 376 g/mol. The zero-order valence-electron chi connectivity index (χ0n) is 15.6. The van der Waals surface area contributed by atoms with Crippen LogP contribution in [-0.2, 0) is 0 Å². The van der Waals surface area contributed by atoms with Gasteiger partial charge in [-0.05, 0) is 36.4 Å². The molecular weight excluding hydrogens is 356 g/mol. The Hall–Kier alpha value is -3.80. The van der Waals surface area contributed by atoms with Crippen molar-refractivity contribution in [3.8, 4) is 11.5 Å². The number of hydrogen-bond acceptors (Lipinski definition) is 4. The molecule has 0 atom stereocenters. The second-order valence-corrected chi connectivity index (χ2v) is 5.92. The number of carbonyl (C=O) groups excluding carboxylic acids is 2. The molecule has 142 valence electrons. The highest BCUT2D eigenvalue weighted by molar-refractivity contribution is 6.09. The number of methoxy groups -OCH3 is 2. The second kappa shape index (κ2) is 8.73. The molecule has 0 fully saturated rings. The monoisotopic (exact) mass is 376 g/mol. The predicted octanol–water partition coefficient (Wildman–Crippen LogP) is 4.58. The number of nitrogens with one attached hydrogen (secondary N) is 2. The van der Waals surface area contributed by atoms with Crippen LogP contribution < -0.4 is 20.1 Å². The molecule has 3 aromatic rings. The summed E-state index contributed by atoms with van der Waals surface area (Å²) < 4.78 is 10.4.